The molecule has 1 saturated heterocycles. The molecule has 0 amide bonds. The molecule has 1 aromatic heterocycles. The van der Waals surface area contributed by atoms with Crippen molar-refractivity contribution in [2.24, 2.45) is 5.92 Å². The largest absolute Gasteiger partial charge is 0.481 e. The van der Waals surface area contributed by atoms with Gasteiger partial charge in [-0.25, -0.2) is 4.39 Å². The van der Waals surface area contributed by atoms with Crippen LogP contribution in [0.5, 0.6) is 0 Å². The zero-order valence-electron chi connectivity index (χ0n) is 11.3. The van der Waals surface area contributed by atoms with Gasteiger partial charge in [-0.1, -0.05) is 6.07 Å². The van der Waals surface area contributed by atoms with Crippen LogP contribution in [0.3, 0.4) is 0 Å². The smallest absolute Gasteiger partial charge is 0.309 e. The summed E-state index contributed by atoms with van der Waals surface area (Å²) in [5.74, 6) is -1.79. The molecule has 21 heavy (non-hydrogen) atoms. The SMILES string of the molecule is O=C(O)[C@@H]1CN(c2ccc(F)cc2)C[C@@H]1c1ccccn1. The zero-order chi connectivity index (χ0) is 14.8. The maximum Gasteiger partial charge on any atom is 0.309 e. The third-order valence-electron chi connectivity index (χ3n) is 3.90. The van der Waals surface area contributed by atoms with Crippen LogP contribution in [-0.4, -0.2) is 29.1 Å². The van der Waals surface area contributed by atoms with Crippen LogP contribution < -0.4 is 4.90 Å². The van der Waals surface area contributed by atoms with Gasteiger partial charge in [0.25, 0.3) is 0 Å². The minimum Gasteiger partial charge on any atom is -0.481 e. The van der Waals surface area contributed by atoms with Crippen LogP contribution in [-0.2, 0) is 4.79 Å². The maximum absolute atomic E-state index is 13.0. The summed E-state index contributed by atoms with van der Waals surface area (Å²) in [4.78, 5) is 17.8. The topological polar surface area (TPSA) is 53.4 Å². The number of halogens is 1. The van der Waals surface area contributed by atoms with E-state index in [1.807, 2.05) is 23.1 Å². The van der Waals surface area contributed by atoms with Gasteiger partial charge >= 0.3 is 5.97 Å². The Balaban J connectivity index is 1.88. The van der Waals surface area contributed by atoms with Crippen molar-refractivity contribution in [3.8, 4) is 0 Å². The Kier molecular flexibility index (Phi) is 3.56. The Labute approximate surface area is 121 Å². The molecule has 1 aliphatic heterocycles. The Morgan fingerprint density at radius 2 is 1.95 bits per heavy atom. The van der Waals surface area contributed by atoms with Gasteiger partial charge in [0, 0.05) is 36.6 Å². The first-order valence-corrected chi connectivity index (χ1v) is 6.79. The van der Waals surface area contributed by atoms with Gasteiger partial charge in [0.1, 0.15) is 5.82 Å². The highest BCUT2D eigenvalue weighted by Gasteiger charge is 2.39. The first-order valence-electron chi connectivity index (χ1n) is 6.79. The van der Waals surface area contributed by atoms with Gasteiger partial charge in [0.05, 0.1) is 5.92 Å². The van der Waals surface area contributed by atoms with Crippen molar-refractivity contribution in [1.29, 1.82) is 0 Å². The molecule has 0 unspecified atom stereocenters. The molecular formula is C16H15FN2O2. The predicted molar refractivity (Wildman–Crippen MR) is 76.7 cm³/mol. The van der Waals surface area contributed by atoms with E-state index in [1.165, 1.54) is 12.1 Å². The molecule has 5 heteroatoms. The molecule has 1 aliphatic rings. The van der Waals surface area contributed by atoms with E-state index >= 15 is 0 Å². The molecule has 4 nitrogen and oxygen atoms in total. The van der Waals surface area contributed by atoms with Crippen LogP contribution in [0.4, 0.5) is 10.1 Å². The first-order chi connectivity index (χ1) is 10.1. The van der Waals surface area contributed by atoms with Crippen molar-refractivity contribution < 1.29 is 14.3 Å². The van der Waals surface area contributed by atoms with Crippen LogP contribution in [0.15, 0.2) is 48.7 Å². The lowest BCUT2D eigenvalue weighted by molar-refractivity contribution is -0.141. The van der Waals surface area contributed by atoms with Crippen molar-refractivity contribution in [2.45, 2.75) is 5.92 Å². The molecule has 1 N–H and O–H groups in total. The first kappa shape index (κ1) is 13.5. The van der Waals surface area contributed by atoms with E-state index in [1.54, 1.807) is 18.3 Å². The lowest BCUT2D eigenvalue weighted by Crippen LogP contribution is -2.23. The number of hydrogen-bond acceptors (Lipinski definition) is 3. The number of nitrogens with zero attached hydrogens (tertiary/aromatic N) is 2. The quantitative estimate of drug-likeness (QED) is 0.942. The van der Waals surface area contributed by atoms with Crippen molar-refractivity contribution in [3.05, 3.63) is 60.2 Å². The highest BCUT2D eigenvalue weighted by atomic mass is 19.1. The standard InChI is InChI=1S/C16H15FN2O2/c17-11-4-6-12(7-5-11)19-9-13(14(10-19)16(20)21)15-3-1-2-8-18-15/h1-8,13-14H,9-10H2,(H,20,21)/t13-,14+/m0/s1. The molecule has 108 valence electrons. The monoisotopic (exact) mass is 286 g/mol. The third kappa shape index (κ3) is 2.72. The third-order valence-corrected chi connectivity index (χ3v) is 3.90. The molecule has 1 fully saturated rings. The number of carboxylic acid groups (broad SMARTS) is 1. The summed E-state index contributed by atoms with van der Waals surface area (Å²) in [5, 5.41) is 9.44. The Hall–Kier alpha value is -2.43. The predicted octanol–water partition coefficient (Wildman–Crippen LogP) is 2.53. The molecule has 2 aromatic rings. The van der Waals surface area contributed by atoms with E-state index < -0.39 is 11.9 Å². The van der Waals surface area contributed by atoms with E-state index in [2.05, 4.69) is 4.98 Å². The number of carbonyl (C=O) groups is 1. The summed E-state index contributed by atoms with van der Waals surface area (Å²) in [5.41, 5.74) is 1.62. The fraction of sp³-hybridized carbons (Fsp3) is 0.250. The Morgan fingerprint density at radius 1 is 1.19 bits per heavy atom. The lowest BCUT2D eigenvalue weighted by Gasteiger charge is -2.18. The summed E-state index contributed by atoms with van der Waals surface area (Å²) >= 11 is 0. The van der Waals surface area contributed by atoms with Gasteiger partial charge in [-0.3, -0.25) is 9.78 Å². The molecule has 2 atom stereocenters. The molecule has 0 spiro atoms. The van der Waals surface area contributed by atoms with Gasteiger partial charge in [-0.05, 0) is 36.4 Å². The van der Waals surface area contributed by atoms with Crippen molar-refractivity contribution >= 4 is 11.7 Å². The van der Waals surface area contributed by atoms with Crippen LogP contribution >= 0.6 is 0 Å². The Bertz CT molecular complexity index is 630. The van der Waals surface area contributed by atoms with Crippen molar-refractivity contribution in [1.82, 2.24) is 4.98 Å². The number of anilines is 1. The highest BCUT2D eigenvalue weighted by molar-refractivity contribution is 5.74. The van der Waals surface area contributed by atoms with E-state index in [0.29, 0.717) is 13.1 Å². The van der Waals surface area contributed by atoms with Crippen LogP contribution in [0.2, 0.25) is 0 Å². The minimum atomic E-state index is -0.824. The number of hydrogen-bond donors (Lipinski definition) is 1. The maximum atomic E-state index is 13.0. The van der Waals surface area contributed by atoms with Crippen LogP contribution in [0.25, 0.3) is 0 Å². The lowest BCUT2D eigenvalue weighted by atomic mass is 9.93. The minimum absolute atomic E-state index is 0.159. The number of carboxylic acids is 1. The molecule has 0 bridgehead atoms. The molecular weight excluding hydrogens is 271 g/mol. The van der Waals surface area contributed by atoms with Gasteiger partial charge in [0.15, 0.2) is 0 Å². The molecule has 0 aliphatic carbocycles. The zero-order valence-corrected chi connectivity index (χ0v) is 11.3. The Morgan fingerprint density at radius 3 is 2.57 bits per heavy atom. The van der Waals surface area contributed by atoms with Crippen LogP contribution in [0, 0.1) is 11.7 Å². The molecule has 0 radical (unpaired) electrons. The highest BCUT2D eigenvalue weighted by Crippen LogP contribution is 2.34. The number of aromatic nitrogens is 1. The number of benzene rings is 1. The van der Waals surface area contributed by atoms with E-state index in [-0.39, 0.29) is 11.7 Å². The molecule has 3 rings (SSSR count). The fourth-order valence-electron chi connectivity index (χ4n) is 2.81. The summed E-state index contributed by atoms with van der Waals surface area (Å²) in [7, 11) is 0. The second kappa shape index (κ2) is 5.52. The van der Waals surface area contributed by atoms with Gasteiger partial charge in [0.2, 0.25) is 0 Å². The van der Waals surface area contributed by atoms with Gasteiger partial charge < -0.3 is 10.0 Å². The molecule has 0 saturated carbocycles. The fourth-order valence-corrected chi connectivity index (χ4v) is 2.81. The normalized spacial score (nSPS) is 21.5. The number of aliphatic carboxylic acids is 1. The second-order valence-electron chi connectivity index (χ2n) is 5.19. The van der Waals surface area contributed by atoms with E-state index in [4.69, 9.17) is 0 Å². The van der Waals surface area contributed by atoms with Crippen molar-refractivity contribution in [3.63, 3.8) is 0 Å². The average molecular weight is 286 g/mol. The summed E-state index contributed by atoms with van der Waals surface area (Å²) in [6, 6.07) is 11.7. The summed E-state index contributed by atoms with van der Waals surface area (Å²) < 4.78 is 13.0. The van der Waals surface area contributed by atoms with Gasteiger partial charge in [-0.2, -0.15) is 0 Å². The number of rotatable bonds is 3. The van der Waals surface area contributed by atoms with E-state index in [0.717, 1.165) is 11.4 Å². The number of pyridine rings is 1. The summed E-state index contributed by atoms with van der Waals surface area (Å²) in [6.45, 7) is 0.974. The van der Waals surface area contributed by atoms with Gasteiger partial charge in [-0.15, -0.1) is 0 Å². The second-order valence-corrected chi connectivity index (χ2v) is 5.19. The molecule has 2 heterocycles. The average Bonchev–Trinajstić information content (AvgIpc) is 2.94. The van der Waals surface area contributed by atoms with Crippen LogP contribution in [0.1, 0.15) is 11.6 Å². The van der Waals surface area contributed by atoms with E-state index in [9.17, 15) is 14.3 Å². The summed E-state index contributed by atoms with van der Waals surface area (Å²) in [6.07, 6.45) is 1.68. The van der Waals surface area contributed by atoms with Crippen molar-refractivity contribution in [2.75, 3.05) is 18.0 Å². The molecule has 1 aromatic carbocycles.